The molecule has 0 radical (unpaired) electrons. The molecule has 128 valence electrons. The smallest absolute Gasteiger partial charge is 0.258 e. The Morgan fingerprint density at radius 3 is 2.54 bits per heavy atom. The molecule has 1 amide bonds. The van der Waals surface area contributed by atoms with Crippen molar-refractivity contribution in [1.29, 1.82) is 0 Å². The van der Waals surface area contributed by atoms with E-state index in [1.54, 1.807) is 19.2 Å². The Hall–Kier alpha value is -1.72. The standard InChI is InChI=1S/C18H19BrClNO3/c1-3-16(12-4-7-14(23-2)8-5-12)21-18(22)11-24-17-9-6-13(19)10-15(17)20/h4-10,16H,3,11H2,1-2H3,(H,21,22)/t16-/m1/s1. The molecule has 0 aliphatic rings. The number of nitrogens with one attached hydrogen (secondary N) is 1. The highest BCUT2D eigenvalue weighted by atomic mass is 79.9. The number of ether oxygens (including phenoxy) is 2. The monoisotopic (exact) mass is 411 g/mol. The summed E-state index contributed by atoms with van der Waals surface area (Å²) in [5.41, 5.74) is 1.02. The van der Waals surface area contributed by atoms with E-state index in [0.29, 0.717) is 10.8 Å². The summed E-state index contributed by atoms with van der Waals surface area (Å²) in [5, 5.41) is 3.42. The normalized spacial score (nSPS) is 11.7. The van der Waals surface area contributed by atoms with E-state index in [4.69, 9.17) is 21.1 Å². The molecule has 0 saturated heterocycles. The summed E-state index contributed by atoms with van der Waals surface area (Å²) >= 11 is 9.40. The van der Waals surface area contributed by atoms with Crippen molar-refractivity contribution in [2.24, 2.45) is 0 Å². The maximum absolute atomic E-state index is 12.1. The van der Waals surface area contributed by atoms with Gasteiger partial charge < -0.3 is 14.8 Å². The molecule has 0 spiro atoms. The summed E-state index contributed by atoms with van der Waals surface area (Å²) in [6, 6.07) is 12.8. The molecule has 0 aromatic heterocycles. The lowest BCUT2D eigenvalue weighted by atomic mass is 10.0. The van der Waals surface area contributed by atoms with Crippen molar-refractivity contribution in [2.45, 2.75) is 19.4 Å². The van der Waals surface area contributed by atoms with Crippen molar-refractivity contribution >= 4 is 33.4 Å². The number of hydrogen-bond donors (Lipinski definition) is 1. The second kappa shape index (κ2) is 8.94. The predicted octanol–water partition coefficient (Wildman–Crippen LogP) is 4.76. The van der Waals surface area contributed by atoms with Crippen LogP contribution in [0.3, 0.4) is 0 Å². The van der Waals surface area contributed by atoms with Gasteiger partial charge in [-0.25, -0.2) is 0 Å². The van der Waals surface area contributed by atoms with Crippen LogP contribution in [0.2, 0.25) is 5.02 Å². The van der Waals surface area contributed by atoms with Gasteiger partial charge in [0.25, 0.3) is 5.91 Å². The lowest BCUT2D eigenvalue weighted by Crippen LogP contribution is -2.32. The van der Waals surface area contributed by atoms with Crippen LogP contribution in [0.1, 0.15) is 24.9 Å². The summed E-state index contributed by atoms with van der Waals surface area (Å²) in [5.74, 6) is 1.07. The molecule has 24 heavy (non-hydrogen) atoms. The quantitative estimate of drug-likeness (QED) is 0.713. The van der Waals surface area contributed by atoms with Gasteiger partial charge in [-0.1, -0.05) is 46.6 Å². The molecule has 0 saturated carbocycles. The largest absolute Gasteiger partial charge is 0.497 e. The van der Waals surface area contributed by atoms with Crippen molar-refractivity contribution in [3.63, 3.8) is 0 Å². The van der Waals surface area contributed by atoms with Crippen molar-refractivity contribution in [1.82, 2.24) is 5.32 Å². The Labute approximate surface area is 155 Å². The van der Waals surface area contributed by atoms with Gasteiger partial charge in [0.2, 0.25) is 0 Å². The summed E-state index contributed by atoms with van der Waals surface area (Å²) in [6.45, 7) is 1.93. The third kappa shape index (κ3) is 5.14. The van der Waals surface area contributed by atoms with Crippen molar-refractivity contribution in [3.8, 4) is 11.5 Å². The zero-order valence-corrected chi connectivity index (χ0v) is 15.9. The minimum absolute atomic E-state index is 0.0765. The van der Waals surface area contributed by atoms with Gasteiger partial charge in [-0.2, -0.15) is 0 Å². The van der Waals surface area contributed by atoms with Gasteiger partial charge in [0.15, 0.2) is 6.61 Å². The molecule has 0 aliphatic heterocycles. The first-order valence-electron chi connectivity index (χ1n) is 7.54. The number of rotatable bonds is 7. The molecule has 1 N–H and O–H groups in total. The van der Waals surface area contributed by atoms with E-state index in [2.05, 4.69) is 21.2 Å². The predicted molar refractivity (Wildman–Crippen MR) is 98.8 cm³/mol. The van der Waals surface area contributed by atoms with E-state index in [-0.39, 0.29) is 18.6 Å². The van der Waals surface area contributed by atoms with E-state index >= 15 is 0 Å². The molecule has 2 aromatic rings. The number of benzene rings is 2. The molecule has 1 atom stereocenters. The maximum Gasteiger partial charge on any atom is 0.258 e. The van der Waals surface area contributed by atoms with E-state index in [0.717, 1.165) is 22.2 Å². The van der Waals surface area contributed by atoms with E-state index in [1.807, 2.05) is 37.3 Å². The van der Waals surface area contributed by atoms with Crippen LogP contribution in [0.25, 0.3) is 0 Å². The number of carbonyl (C=O) groups is 1. The summed E-state index contributed by atoms with van der Waals surface area (Å²) in [6.07, 6.45) is 0.775. The first-order valence-corrected chi connectivity index (χ1v) is 8.71. The summed E-state index contributed by atoms with van der Waals surface area (Å²) in [7, 11) is 1.62. The van der Waals surface area contributed by atoms with Gasteiger partial charge in [-0.05, 0) is 42.3 Å². The highest BCUT2D eigenvalue weighted by Crippen LogP contribution is 2.27. The van der Waals surface area contributed by atoms with Gasteiger partial charge in [-0.15, -0.1) is 0 Å². The number of halogens is 2. The molecule has 0 heterocycles. The van der Waals surface area contributed by atoms with E-state index < -0.39 is 0 Å². The number of hydrogen-bond acceptors (Lipinski definition) is 3. The molecular weight excluding hydrogens is 394 g/mol. The second-order valence-electron chi connectivity index (χ2n) is 5.16. The van der Waals surface area contributed by atoms with E-state index in [1.165, 1.54) is 0 Å². The van der Waals surface area contributed by atoms with Gasteiger partial charge in [0.05, 0.1) is 18.2 Å². The fourth-order valence-electron chi connectivity index (χ4n) is 2.23. The number of carbonyl (C=O) groups excluding carboxylic acids is 1. The van der Waals surface area contributed by atoms with Gasteiger partial charge in [0.1, 0.15) is 11.5 Å². The Bertz CT molecular complexity index is 691. The average molecular weight is 413 g/mol. The first-order chi connectivity index (χ1) is 11.5. The van der Waals surface area contributed by atoms with E-state index in [9.17, 15) is 4.79 Å². The third-order valence-electron chi connectivity index (χ3n) is 3.51. The average Bonchev–Trinajstić information content (AvgIpc) is 2.59. The molecule has 0 bridgehead atoms. The minimum Gasteiger partial charge on any atom is -0.497 e. The van der Waals surface area contributed by atoms with Crippen LogP contribution >= 0.6 is 27.5 Å². The second-order valence-corrected chi connectivity index (χ2v) is 6.49. The van der Waals surface area contributed by atoms with Gasteiger partial charge in [0, 0.05) is 4.47 Å². The van der Waals surface area contributed by atoms with Crippen LogP contribution in [-0.4, -0.2) is 19.6 Å². The molecule has 0 aliphatic carbocycles. The molecule has 0 fully saturated rings. The van der Waals surface area contributed by atoms with Crippen molar-refractivity contribution in [3.05, 3.63) is 57.5 Å². The topological polar surface area (TPSA) is 47.6 Å². The lowest BCUT2D eigenvalue weighted by molar-refractivity contribution is -0.123. The van der Waals surface area contributed by atoms with Crippen molar-refractivity contribution in [2.75, 3.05) is 13.7 Å². The van der Waals surface area contributed by atoms with Crippen LogP contribution in [0, 0.1) is 0 Å². The Kier molecular flexibility index (Phi) is 6.94. The molecule has 4 nitrogen and oxygen atoms in total. The van der Waals surface area contributed by atoms with Crippen molar-refractivity contribution < 1.29 is 14.3 Å². The Morgan fingerprint density at radius 2 is 1.96 bits per heavy atom. The molecule has 2 aromatic carbocycles. The highest BCUT2D eigenvalue weighted by Gasteiger charge is 2.14. The molecule has 6 heteroatoms. The lowest BCUT2D eigenvalue weighted by Gasteiger charge is -2.18. The Morgan fingerprint density at radius 1 is 1.25 bits per heavy atom. The van der Waals surface area contributed by atoms with Crippen LogP contribution < -0.4 is 14.8 Å². The first kappa shape index (κ1) is 18.6. The highest BCUT2D eigenvalue weighted by molar-refractivity contribution is 9.10. The minimum atomic E-state index is -0.198. The van der Waals surface area contributed by atoms with Gasteiger partial charge >= 0.3 is 0 Å². The summed E-state index contributed by atoms with van der Waals surface area (Å²) < 4.78 is 11.5. The third-order valence-corrected chi connectivity index (χ3v) is 4.30. The van der Waals surface area contributed by atoms with Gasteiger partial charge in [-0.3, -0.25) is 4.79 Å². The zero-order valence-electron chi connectivity index (χ0n) is 13.5. The molecular formula is C18H19BrClNO3. The maximum atomic E-state index is 12.1. The zero-order chi connectivity index (χ0) is 17.5. The van der Waals surface area contributed by atoms with Crippen LogP contribution in [0.5, 0.6) is 11.5 Å². The number of amides is 1. The summed E-state index contributed by atoms with van der Waals surface area (Å²) in [4.78, 5) is 12.1. The fraction of sp³-hybridized carbons (Fsp3) is 0.278. The SMILES string of the molecule is CC[C@@H](NC(=O)COc1ccc(Br)cc1Cl)c1ccc(OC)cc1. The van der Waals surface area contributed by atoms with Crippen LogP contribution in [-0.2, 0) is 4.79 Å². The van der Waals surface area contributed by atoms with Crippen LogP contribution in [0.4, 0.5) is 0 Å². The Balaban J connectivity index is 1.93. The fourth-order valence-corrected chi connectivity index (χ4v) is 2.96. The number of methoxy groups -OCH3 is 1. The molecule has 0 unspecified atom stereocenters. The molecule has 2 rings (SSSR count). The van der Waals surface area contributed by atoms with Crippen LogP contribution in [0.15, 0.2) is 46.9 Å².